The summed E-state index contributed by atoms with van der Waals surface area (Å²) in [6.45, 7) is 4.16. The summed E-state index contributed by atoms with van der Waals surface area (Å²) in [4.78, 5) is 36.4. The summed E-state index contributed by atoms with van der Waals surface area (Å²) in [5.41, 5.74) is 0.0806. The fourth-order valence-corrected chi connectivity index (χ4v) is 2.31. The van der Waals surface area contributed by atoms with Crippen LogP contribution in [-0.2, 0) is 4.79 Å². The molecule has 1 fully saturated rings. The van der Waals surface area contributed by atoms with Gasteiger partial charge in [0.05, 0.1) is 5.56 Å². The maximum Gasteiger partial charge on any atom is 0.326 e. The van der Waals surface area contributed by atoms with Crippen LogP contribution in [0.1, 0.15) is 24.2 Å². The van der Waals surface area contributed by atoms with Crippen molar-refractivity contribution < 1.29 is 23.9 Å². The number of hydrogen-bond acceptors (Lipinski definition) is 3. The second-order valence-corrected chi connectivity index (χ2v) is 5.58. The van der Waals surface area contributed by atoms with Gasteiger partial charge < -0.3 is 15.7 Å². The number of nitrogens with one attached hydrogen (secondary N) is 2. The van der Waals surface area contributed by atoms with Gasteiger partial charge in [-0.05, 0) is 24.1 Å². The van der Waals surface area contributed by atoms with Crippen LogP contribution < -0.4 is 15.5 Å². The molecule has 2 rings (SSSR count). The highest BCUT2D eigenvalue weighted by Crippen LogP contribution is 2.21. The molecule has 0 aliphatic carbocycles. The number of hydrogen-bond donors (Lipinski definition) is 3. The standard InChI is InChI=1S/C15H18FN3O4/c1-8(2)12(14(21)22)18-13(20)10-7-9(3-4-11(10)16)19-6-5-17-15(19)23/h3-4,7-8,12H,5-6H2,1-2H3,(H,17,23)(H,18,20)(H,21,22). The highest BCUT2D eigenvalue weighted by atomic mass is 19.1. The lowest BCUT2D eigenvalue weighted by Crippen LogP contribution is -2.44. The van der Waals surface area contributed by atoms with Gasteiger partial charge in [-0.15, -0.1) is 0 Å². The van der Waals surface area contributed by atoms with Crippen molar-refractivity contribution in [1.82, 2.24) is 10.6 Å². The Morgan fingerprint density at radius 1 is 1.39 bits per heavy atom. The number of carbonyl (C=O) groups is 3. The van der Waals surface area contributed by atoms with Crippen molar-refractivity contribution in [2.75, 3.05) is 18.0 Å². The van der Waals surface area contributed by atoms with Crippen LogP contribution in [-0.4, -0.2) is 42.1 Å². The first-order valence-corrected chi connectivity index (χ1v) is 7.20. The monoisotopic (exact) mass is 323 g/mol. The van der Waals surface area contributed by atoms with E-state index in [1.54, 1.807) is 13.8 Å². The average molecular weight is 323 g/mol. The van der Waals surface area contributed by atoms with E-state index in [2.05, 4.69) is 10.6 Å². The van der Waals surface area contributed by atoms with Crippen molar-refractivity contribution in [2.45, 2.75) is 19.9 Å². The number of rotatable bonds is 5. The molecule has 0 radical (unpaired) electrons. The van der Waals surface area contributed by atoms with Gasteiger partial charge in [0.25, 0.3) is 5.91 Å². The molecule has 124 valence electrons. The third-order valence-corrected chi connectivity index (χ3v) is 3.58. The Morgan fingerprint density at radius 3 is 2.61 bits per heavy atom. The zero-order valence-electron chi connectivity index (χ0n) is 12.8. The molecular formula is C15H18FN3O4. The van der Waals surface area contributed by atoms with Gasteiger partial charge in [-0.1, -0.05) is 13.8 Å². The van der Waals surface area contributed by atoms with Gasteiger partial charge in [0.2, 0.25) is 0 Å². The maximum absolute atomic E-state index is 13.9. The number of halogens is 1. The SMILES string of the molecule is CC(C)C(NC(=O)c1cc(N2CCNC2=O)ccc1F)C(=O)O. The second kappa shape index (κ2) is 6.64. The van der Waals surface area contributed by atoms with E-state index in [9.17, 15) is 18.8 Å². The molecule has 1 atom stereocenters. The number of nitrogens with zero attached hydrogens (tertiary/aromatic N) is 1. The van der Waals surface area contributed by atoms with Crippen LogP contribution in [0.2, 0.25) is 0 Å². The lowest BCUT2D eigenvalue weighted by atomic mass is 10.0. The molecule has 0 saturated carbocycles. The Balaban J connectivity index is 2.26. The minimum atomic E-state index is -1.19. The van der Waals surface area contributed by atoms with E-state index in [0.29, 0.717) is 18.8 Å². The third-order valence-electron chi connectivity index (χ3n) is 3.58. The number of carboxylic acids is 1. The van der Waals surface area contributed by atoms with Crippen LogP contribution >= 0.6 is 0 Å². The van der Waals surface area contributed by atoms with Crippen LogP contribution in [0.5, 0.6) is 0 Å². The molecule has 1 saturated heterocycles. The topological polar surface area (TPSA) is 98.7 Å². The number of carboxylic acid groups (broad SMARTS) is 1. The predicted octanol–water partition coefficient (Wildman–Crippen LogP) is 1.19. The van der Waals surface area contributed by atoms with Gasteiger partial charge in [0, 0.05) is 18.8 Å². The van der Waals surface area contributed by atoms with E-state index in [0.717, 1.165) is 6.07 Å². The van der Waals surface area contributed by atoms with Crippen molar-refractivity contribution in [1.29, 1.82) is 0 Å². The fraction of sp³-hybridized carbons (Fsp3) is 0.400. The van der Waals surface area contributed by atoms with Crippen molar-refractivity contribution in [3.05, 3.63) is 29.6 Å². The van der Waals surface area contributed by atoms with E-state index < -0.39 is 23.7 Å². The summed E-state index contributed by atoms with van der Waals surface area (Å²) < 4.78 is 13.9. The Morgan fingerprint density at radius 2 is 2.09 bits per heavy atom. The highest BCUT2D eigenvalue weighted by molar-refractivity contribution is 6.00. The second-order valence-electron chi connectivity index (χ2n) is 5.58. The molecule has 8 heteroatoms. The first kappa shape index (κ1) is 16.7. The number of urea groups is 1. The lowest BCUT2D eigenvalue weighted by molar-refractivity contribution is -0.140. The zero-order valence-corrected chi connectivity index (χ0v) is 12.8. The number of amides is 3. The zero-order chi connectivity index (χ0) is 17.1. The fourth-order valence-electron chi connectivity index (χ4n) is 2.31. The molecule has 23 heavy (non-hydrogen) atoms. The van der Waals surface area contributed by atoms with Crippen molar-refractivity contribution in [3.8, 4) is 0 Å². The molecule has 1 aliphatic rings. The quantitative estimate of drug-likeness (QED) is 0.758. The molecule has 3 amide bonds. The summed E-state index contributed by atoms with van der Waals surface area (Å²) in [5, 5.41) is 14.0. The summed E-state index contributed by atoms with van der Waals surface area (Å²) in [6, 6.07) is 2.28. The van der Waals surface area contributed by atoms with Crippen LogP contribution in [0.4, 0.5) is 14.9 Å². The summed E-state index contributed by atoms with van der Waals surface area (Å²) in [7, 11) is 0. The molecule has 1 heterocycles. The van der Waals surface area contributed by atoms with Crippen molar-refractivity contribution in [2.24, 2.45) is 5.92 Å². The van der Waals surface area contributed by atoms with E-state index >= 15 is 0 Å². The number of benzene rings is 1. The number of aliphatic carboxylic acids is 1. The molecule has 1 aromatic carbocycles. The lowest BCUT2D eigenvalue weighted by Gasteiger charge is -2.19. The molecule has 1 aliphatic heterocycles. The average Bonchev–Trinajstić information content (AvgIpc) is 2.90. The molecule has 0 aromatic heterocycles. The minimum Gasteiger partial charge on any atom is -0.480 e. The van der Waals surface area contributed by atoms with Crippen LogP contribution in [0.25, 0.3) is 0 Å². The molecule has 7 nitrogen and oxygen atoms in total. The summed E-state index contributed by atoms with van der Waals surface area (Å²) in [6.07, 6.45) is 0. The Hall–Kier alpha value is -2.64. The van der Waals surface area contributed by atoms with Crippen LogP contribution in [0.15, 0.2) is 18.2 Å². The number of carbonyl (C=O) groups excluding carboxylic acids is 2. The normalized spacial score (nSPS) is 15.5. The van der Waals surface area contributed by atoms with Gasteiger partial charge in [0.15, 0.2) is 0 Å². The molecule has 0 bridgehead atoms. The van der Waals surface area contributed by atoms with Crippen LogP contribution in [0, 0.1) is 11.7 Å². The van der Waals surface area contributed by atoms with Crippen molar-refractivity contribution in [3.63, 3.8) is 0 Å². The number of anilines is 1. The Labute approximate surface area is 132 Å². The van der Waals surface area contributed by atoms with E-state index in [-0.39, 0.29) is 17.5 Å². The van der Waals surface area contributed by atoms with E-state index in [1.165, 1.54) is 17.0 Å². The van der Waals surface area contributed by atoms with Crippen LogP contribution in [0.3, 0.4) is 0 Å². The largest absolute Gasteiger partial charge is 0.480 e. The minimum absolute atomic E-state index is 0.297. The first-order chi connectivity index (χ1) is 10.8. The van der Waals surface area contributed by atoms with Gasteiger partial charge in [-0.3, -0.25) is 9.69 Å². The maximum atomic E-state index is 13.9. The molecule has 0 spiro atoms. The van der Waals surface area contributed by atoms with Gasteiger partial charge in [0.1, 0.15) is 11.9 Å². The first-order valence-electron chi connectivity index (χ1n) is 7.20. The van der Waals surface area contributed by atoms with Gasteiger partial charge in [-0.25, -0.2) is 14.0 Å². The van der Waals surface area contributed by atoms with E-state index in [1.807, 2.05) is 0 Å². The summed E-state index contributed by atoms with van der Waals surface area (Å²) >= 11 is 0. The van der Waals surface area contributed by atoms with E-state index in [4.69, 9.17) is 5.11 Å². The molecule has 3 N–H and O–H groups in total. The molecule has 1 unspecified atom stereocenters. The highest BCUT2D eigenvalue weighted by Gasteiger charge is 2.27. The molecule has 1 aromatic rings. The van der Waals surface area contributed by atoms with Crippen molar-refractivity contribution >= 4 is 23.6 Å². The van der Waals surface area contributed by atoms with Gasteiger partial charge in [-0.2, -0.15) is 0 Å². The Bertz CT molecular complexity index is 648. The predicted molar refractivity (Wildman–Crippen MR) is 80.9 cm³/mol. The van der Waals surface area contributed by atoms with Gasteiger partial charge >= 0.3 is 12.0 Å². The third kappa shape index (κ3) is 3.58. The Kier molecular flexibility index (Phi) is 4.83. The molecular weight excluding hydrogens is 305 g/mol. The smallest absolute Gasteiger partial charge is 0.326 e. The summed E-state index contributed by atoms with van der Waals surface area (Å²) in [5.74, 6) is -3.15.